The van der Waals surface area contributed by atoms with Gasteiger partial charge >= 0.3 is 6.18 Å². The first-order valence-corrected chi connectivity index (χ1v) is 7.38. The third-order valence-electron chi connectivity index (χ3n) is 4.13. The number of piperazine rings is 1. The molecule has 4 nitrogen and oxygen atoms in total. The molecule has 2 aliphatic rings. The van der Waals surface area contributed by atoms with Gasteiger partial charge in [0.25, 0.3) is 0 Å². The standard InChI is InChI=1S/C14H23F3N2O2/c1-13(2)9-11(3-8-21-13)12(20)19-6-4-18(5-7-19)10-14(15,16)17/h11H,3-10H2,1-2H3/t11-/m0/s1. The van der Waals surface area contributed by atoms with Crippen LogP contribution in [0.15, 0.2) is 0 Å². The number of hydrogen-bond acceptors (Lipinski definition) is 3. The number of amides is 1. The van der Waals surface area contributed by atoms with Crippen molar-refractivity contribution in [1.29, 1.82) is 0 Å². The summed E-state index contributed by atoms with van der Waals surface area (Å²) >= 11 is 0. The molecule has 2 aliphatic heterocycles. The third kappa shape index (κ3) is 4.85. The van der Waals surface area contributed by atoms with Gasteiger partial charge in [0.1, 0.15) is 0 Å². The molecule has 1 amide bonds. The predicted molar refractivity (Wildman–Crippen MR) is 71.8 cm³/mol. The summed E-state index contributed by atoms with van der Waals surface area (Å²) < 4.78 is 42.6. The molecular weight excluding hydrogens is 285 g/mol. The quantitative estimate of drug-likeness (QED) is 0.781. The lowest BCUT2D eigenvalue weighted by Crippen LogP contribution is -2.53. The van der Waals surface area contributed by atoms with Crippen LogP contribution in [0.25, 0.3) is 0 Å². The first kappa shape index (κ1) is 16.5. The van der Waals surface area contributed by atoms with E-state index in [9.17, 15) is 18.0 Å². The second-order valence-corrected chi connectivity index (χ2v) is 6.51. The zero-order valence-electron chi connectivity index (χ0n) is 12.6. The Morgan fingerprint density at radius 2 is 1.86 bits per heavy atom. The van der Waals surface area contributed by atoms with Crippen molar-refractivity contribution >= 4 is 5.91 Å². The van der Waals surface area contributed by atoms with E-state index in [1.54, 1.807) is 4.90 Å². The Bertz CT molecular complexity index is 377. The predicted octanol–water partition coefficient (Wildman–Crippen LogP) is 1.90. The normalized spacial score (nSPS) is 27.7. The summed E-state index contributed by atoms with van der Waals surface area (Å²) in [4.78, 5) is 15.5. The Morgan fingerprint density at radius 3 is 2.38 bits per heavy atom. The minimum atomic E-state index is -4.17. The van der Waals surface area contributed by atoms with Crippen molar-refractivity contribution in [2.75, 3.05) is 39.3 Å². The van der Waals surface area contributed by atoms with Crippen LogP contribution in [-0.4, -0.2) is 66.8 Å². The van der Waals surface area contributed by atoms with Crippen LogP contribution >= 0.6 is 0 Å². The Labute approximate surface area is 123 Å². The third-order valence-corrected chi connectivity index (χ3v) is 4.13. The molecule has 0 saturated carbocycles. The number of carbonyl (C=O) groups excluding carboxylic acids is 1. The van der Waals surface area contributed by atoms with Crippen molar-refractivity contribution in [2.45, 2.75) is 38.5 Å². The van der Waals surface area contributed by atoms with Crippen molar-refractivity contribution < 1.29 is 22.7 Å². The van der Waals surface area contributed by atoms with E-state index in [0.717, 1.165) is 0 Å². The fraction of sp³-hybridized carbons (Fsp3) is 0.929. The number of hydrogen-bond donors (Lipinski definition) is 0. The van der Waals surface area contributed by atoms with E-state index in [1.165, 1.54) is 4.90 Å². The SMILES string of the molecule is CC1(C)C[C@@H](C(=O)N2CCN(CC(F)(F)F)CC2)CCO1. The minimum Gasteiger partial charge on any atom is -0.376 e. The van der Waals surface area contributed by atoms with Crippen molar-refractivity contribution in [1.82, 2.24) is 9.80 Å². The minimum absolute atomic E-state index is 0.0667. The van der Waals surface area contributed by atoms with E-state index in [2.05, 4.69) is 0 Å². The molecule has 0 bridgehead atoms. The molecule has 122 valence electrons. The molecule has 2 heterocycles. The topological polar surface area (TPSA) is 32.8 Å². The number of alkyl halides is 3. The van der Waals surface area contributed by atoms with Gasteiger partial charge in [-0.1, -0.05) is 0 Å². The summed E-state index contributed by atoms with van der Waals surface area (Å²) in [5.41, 5.74) is -0.295. The second-order valence-electron chi connectivity index (χ2n) is 6.51. The summed E-state index contributed by atoms with van der Waals surface area (Å²) in [5.74, 6) is 0.000879. The highest BCUT2D eigenvalue weighted by Crippen LogP contribution is 2.30. The van der Waals surface area contributed by atoms with E-state index < -0.39 is 12.7 Å². The second kappa shape index (κ2) is 6.12. The highest BCUT2D eigenvalue weighted by Gasteiger charge is 2.37. The zero-order valence-corrected chi connectivity index (χ0v) is 12.6. The summed E-state index contributed by atoms with van der Waals surface area (Å²) in [5, 5.41) is 0. The molecule has 0 radical (unpaired) electrons. The number of ether oxygens (including phenoxy) is 1. The van der Waals surface area contributed by atoms with E-state index >= 15 is 0 Å². The van der Waals surface area contributed by atoms with Crippen LogP contribution in [0, 0.1) is 5.92 Å². The van der Waals surface area contributed by atoms with E-state index in [-0.39, 0.29) is 30.5 Å². The van der Waals surface area contributed by atoms with Gasteiger partial charge in [0.2, 0.25) is 5.91 Å². The zero-order chi connectivity index (χ0) is 15.7. The van der Waals surface area contributed by atoms with Gasteiger partial charge < -0.3 is 9.64 Å². The molecule has 1 atom stereocenters. The molecule has 0 N–H and O–H groups in total. The Balaban J connectivity index is 1.83. The number of nitrogens with zero attached hydrogens (tertiary/aromatic N) is 2. The molecule has 0 aromatic carbocycles. The van der Waals surface area contributed by atoms with Gasteiger partial charge in [-0.05, 0) is 26.7 Å². The Morgan fingerprint density at radius 1 is 1.24 bits per heavy atom. The number of carbonyl (C=O) groups is 1. The van der Waals surface area contributed by atoms with Crippen LogP contribution in [0.2, 0.25) is 0 Å². The number of halogens is 3. The fourth-order valence-corrected chi connectivity index (χ4v) is 3.08. The summed E-state index contributed by atoms with van der Waals surface area (Å²) in [6.45, 7) is 4.95. The molecule has 0 spiro atoms. The lowest BCUT2D eigenvalue weighted by Gasteiger charge is -2.40. The van der Waals surface area contributed by atoms with Crippen LogP contribution < -0.4 is 0 Å². The van der Waals surface area contributed by atoms with Crippen LogP contribution in [0.5, 0.6) is 0 Å². The highest BCUT2D eigenvalue weighted by molar-refractivity contribution is 5.79. The lowest BCUT2D eigenvalue weighted by atomic mass is 9.87. The molecule has 2 rings (SSSR count). The van der Waals surface area contributed by atoms with Gasteiger partial charge in [0, 0.05) is 38.7 Å². The van der Waals surface area contributed by atoms with E-state index in [4.69, 9.17) is 4.74 Å². The van der Waals surface area contributed by atoms with Crippen molar-refractivity contribution in [3.63, 3.8) is 0 Å². The summed E-state index contributed by atoms with van der Waals surface area (Å²) in [6, 6.07) is 0. The molecule has 2 fully saturated rings. The summed E-state index contributed by atoms with van der Waals surface area (Å²) in [7, 11) is 0. The molecule has 0 aromatic heterocycles. The van der Waals surface area contributed by atoms with Gasteiger partial charge in [-0.2, -0.15) is 13.2 Å². The van der Waals surface area contributed by atoms with Gasteiger partial charge in [0.15, 0.2) is 0 Å². The van der Waals surface area contributed by atoms with Crippen LogP contribution in [0.3, 0.4) is 0 Å². The largest absolute Gasteiger partial charge is 0.401 e. The molecule has 7 heteroatoms. The van der Waals surface area contributed by atoms with Gasteiger partial charge in [0.05, 0.1) is 12.1 Å². The van der Waals surface area contributed by atoms with Crippen molar-refractivity contribution in [3.05, 3.63) is 0 Å². The molecule has 0 unspecified atom stereocenters. The van der Waals surface area contributed by atoms with Gasteiger partial charge in [-0.25, -0.2) is 0 Å². The average Bonchev–Trinajstić information content (AvgIpc) is 2.36. The van der Waals surface area contributed by atoms with Crippen molar-refractivity contribution in [2.24, 2.45) is 5.92 Å². The molecular formula is C14H23F3N2O2. The maximum atomic E-state index is 12.5. The van der Waals surface area contributed by atoms with E-state index in [0.29, 0.717) is 32.5 Å². The smallest absolute Gasteiger partial charge is 0.376 e. The lowest BCUT2D eigenvalue weighted by molar-refractivity contribution is -0.156. The first-order valence-electron chi connectivity index (χ1n) is 7.38. The Kier molecular flexibility index (Phi) is 4.82. The van der Waals surface area contributed by atoms with Crippen LogP contribution in [0.1, 0.15) is 26.7 Å². The van der Waals surface area contributed by atoms with E-state index in [1.807, 2.05) is 13.8 Å². The number of rotatable bonds is 2. The van der Waals surface area contributed by atoms with Gasteiger partial charge in [-0.15, -0.1) is 0 Å². The molecule has 0 aliphatic carbocycles. The molecule has 0 aromatic rings. The average molecular weight is 308 g/mol. The maximum Gasteiger partial charge on any atom is 0.401 e. The van der Waals surface area contributed by atoms with Crippen LogP contribution in [0.4, 0.5) is 13.2 Å². The van der Waals surface area contributed by atoms with Crippen molar-refractivity contribution in [3.8, 4) is 0 Å². The first-order chi connectivity index (χ1) is 9.66. The summed E-state index contributed by atoms with van der Waals surface area (Å²) in [6.07, 6.45) is -2.80. The monoisotopic (exact) mass is 308 g/mol. The molecule has 21 heavy (non-hydrogen) atoms. The molecule has 2 saturated heterocycles. The van der Waals surface area contributed by atoms with Gasteiger partial charge in [-0.3, -0.25) is 9.69 Å². The highest BCUT2D eigenvalue weighted by atomic mass is 19.4. The maximum absolute atomic E-state index is 12.5. The Hall–Kier alpha value is -0.820. The fourth-order valence-electron chi connectivity index (χ4n) is 3.08. The van der Waals surface area contributed by atoms with Crippen LogP contribution in [-0.2, 0) is 9.53 Å².